The Balaban J connectivity index is 2.37. The number of carbonyl (C=O) groups is 1. The summed E-state index contributed by atoms with van der Waals surface area (Å²) in [6, 6.07) is 1.59. The van der Waals surface area contributed by atoms with Gasteiger partial charge in [0, 0.05) is 6.20 Å². The average Bonchev–Trinajstić information content (AvgIpc) is 2.34. The summed E-state index contributed by atoms with van der Waals surface area (Å²) < 4.78 is 11.0. The van der Waals surface area contributed by atoms with Crippen molar-refractivity contribution in [2.75, 3.05) is 11.5 Å². The van der Waals surface area contributed by atoms with Gasteiger partial charge in [-0.1, -0.05) is 18.5 Å². The molecular weight excluding hydrogens is 280 g/mol. The standard InChI is InChI=1S/C14H19ClN2O3/c1-5-10-8-19-12-11(6-9(15)7-16-12)17(10)13(18)20-14(2,3)4/h6-7,10H,5,8H2,1-4H3/t10-/m0/s1. The molecule has 0 fully saturated rings. The van der Waals surface area contributed by atoms with Gasteiger partial charge in [-0.2, -0.15) is 0 Å². The van der Waals surface area contributed by atoms with Gasteiger partial charge in [0.1, 0.15) is 17.9 Å². The van der Waals surface area contributed by atoms with Crippen LogP contribution >= 0.6 is 11.6 Å². The molecule has 0 saturated carbocycles. The van der Waals surface area contributed by atoms with Gasteiger partial charge in [0.25, 0.3) is 0 Å². The predicted octanol–water partition coefficient (Wildman–Crippen LogP) is 3.65. The number of hydrogen-bond donors (Lipinski definition) is 0. The fraction of sp³-hybridized carbons (Fsp3) is 0.571. The number of fused-ring (bicyclic) bond motifs is 1. The molecule has 0 unspecified atom stereocenters. The summed E-state index contributed by atoms with van der Waals surface area (Å²) >= 11 is 5.97. The van der Waals surface area contributed by atoms with Crippen molar-refractivity contribution in [1.29, 1.82) is 0 Å². The number of amides is 1. The number of ether oxygens (including phenoxy) is 2. The van der Waals surface area contributed by atoms with Crippen LogP contribution in [-0.2, 0) is 4.74 Å². The number of aromatic nitrogens is 1. The summed E-state index contributed by atoms with van der Waals surface area (Å²) in [7, 11) is 0. The van der Waals surface area contributed by atoms with E-state index in [1.54, 1.807) is 11.0 Å². The van der Waals surface area contributed by atoms with E-state index in [9.17, 15) is 4.79 Å². The maximum absolute atomic E-state index is 12.4. The van der Waals surface area contributed by atoms with E-state index in [2.05, 4.69) is 4.98 Å². The predicted molar refractivity (Wildman–Crippen MR) is 77.5 cm³/mol. The van der Waals surface area contributed by atoms with E-state index >= 15 is 0 Å². The van der Waals surface area contributed by atoms with Gasteiger partial charge < -0.3 is 9.47 Å². The zero-order valence-corrected chi connectivity index (χ0v) is 12.9. The van der Waals surface area contributed by atoms with Crippen molar-refractivity contribution < 1.29 is 14.3 Å². The van der Waals surface area contributed by atoms with Crippen LogP contribution in [0.3, 0.4) is 0 Å². The first-order chi connectivity index (χ1) is 9.31. The molecule has 0 aliphatic carbocycles. The summed E-state index contributed by atoms with van der Waals surface area (Å²) in [5.41, 5.74) is 0.00434. The zero-order chi connectivity index (χ0) is 14.9. The number of rotatable bonds is 1. The second kappa shape index (κ2) is 5.48. The third kappa shape index (κ3) is 3.15. The zero-order valence-electron chi connectivity index (χ0n) is 12.1. The van der Waals surface area contributed by atoms with E-state index < -0.39 is 11.7 Å². The molecule has 20 heavy (non-hydrogen) atoms. The van der Waals surface area contributed by atoms with Gasteiger partial charge in [0.2, 0.25) is 5.88 Å². The van der Waals surface area contributed by atoms with Crippen molar-refractivity contribution in [3.05, 3.63) is 17.3 Å². The van der Waals surface area contributed by atoms with Crippen molar-refractivity contribution in [2.45, 2.75) is 45.8 Å². The SMILES string of the molecule is CC[C@H]1COc2ncc(Cl)cc2N1C(=O)OC(C)(C)C. The van der Waals surface area contributed by atoms with Crippen molar-refractivity contribution in [2.24, 2.45) is 0 Å². The van der Waals surface area contributed by atoms with E-state index in [-0.39, 0.29) is 6.04 Å². The third-order valence-corrected chi connectivity index (χ3v) is 3.10. The first-order valence-corrected chi connectivity index (χ1v) is 7.00. The number of carbonyl (C=O) groups excluding carboxylic acids is 1. The number of anilines is 1. The molecule has 1 aliphatic rings. The van der Waals surface area contributed by atoms with Crippen LogP contribution in [0.15, 0.2) is 12.3 Å². The molecule has 0 radical (unpaired) electrons. The molecular formula is C14H19ClN2O3. The van der Waals surface area contributed by atoms with Crippen LogP contribution in [0.2, 0.25) is 5.02 Å². The lowest BCUT2D eigenvalue weighted by Gasteiger charge is -2.36. The number of halogens is 1. The molecule has 0 N–H and O–H groups in total. The van der Waals surface area contributed by atoms with Crippen molar-refractivity contribution in [1.82, 2.24) is 4.98 Å². The number of hydrogen-bond acceptors (Lipinski definition) is 4. The first kappa shape index (κ1) is 14.9. The van der Waals surface area contributed by atoms with Gasteiger partial charge in [0.05, 0.1) is 11.1 Å². The Bertz CT molecular complexity index is 514. The van der Waals surface area contributed by atoms with Gasteiger partial charge in [-0.3, -0.25) is 4.90 Å². The quantitative estimate of drug-likeness (QED) is 0.794. The Morgan fingerprint density at radius 3 is 2.90 bits per heavy atom. The molecule has 2 rings (SSSR count). The highest BCUT2D eigenvalue weighted by Crippen LogP contribution is 2.35. The van der Waals surface area contributed by atoms with Crippen LogP contribution in [0.4, 0.5) is 10.5 Å². The van der Waals surface area contributed by atoms with Crippen molar-refractivity contribution in [3.8, 4) is 5.88 Å². The molecule has 2 heterocycles. The largest absolute Gasteiger partial charge is 0.474 e. The fourth-order valence-corrected chi connectivity index (χ4v) is 2.16. The number of pyridine rings is 1. The lowest BCUT2D eigenvalue weighted by molar-refractivity contribution is 0.0540. The van der Waals surface area contributed by atoms with E-state index in [1.165, 1.54) is 6.20 Å². The van der Waals surface area contributed by atoms with Crippen LogP contribution in [0.5, 0.6) is 5.88 Å². The van der Waals surface area contributed by atoms with Gasteiger partial charge in [-0.05, 0) is 33.3 Å². The molecule has 1 amide bonds. The average molecular weight is 299 g/mol. The van der Waals surface area contributed by atoms with E-state index in [0.717, 1.165) is 6.42 Å². The summed E-state index contributed by atoms with van der Waals surface area (Å²) in [4.78, 5) is 18.1. The molecule has 0 spiro atoms. The maximum Gasteiger partial charge on any atom is 0.415 e. The van der Waals surface area contributed by atoms with Gasteiger partial charge in [-0.25, -0.2) is 9.78 Å². The Labute approximate surface area is 123 Å². The summed E-state index contributed by atoms with van der Waals surface area (Å²) in [6.45, 7) is 7.90. The molecule has 1 aromatic rings. The molecule has 0 aromatic carbocycles. The minimum absolute atomic E-state index is 0.0855. The van der Waals surface area contributed by atoms with Gasteiger partial charge in [0.15, 0.2) is 0 Å². The Kier molecular flexibility index (Phi) is 4.09. The van der Waals surface area contributed by atoms with Crippen LogP contribution in [-0.4, -0.2) is 29.3 Å². The van der Waals surface area contributed by atoms with Gasteiger partial charge in [-0.15, -0.1) is 0 Å². The second-order valence-corrected chi connectivity index (χ2v) is 6.14. The molecule has 1 aliphatic heterocycles. The smallest absolute Gasteiger partial charge is 0.415 e. The first-order valence-electron chi connectivity index (χ1n) is 6.62. The van der Waals surface area contributed by atoms with E-state index in [4.69, 9.17) is 21.1 Å². The van der Waals surface area contributed by atoms with Gasteiger partial charge >= 0.3 is 6.09 Å². The Morgan fingerprint density at radius 2 is 2.30 bits per heavy atom. The molecule has 5 nitrogen and oxygen atoms in total. The minimum Gasteiger partial charge on any atom is -0.474 e. The molecule has 110 valence electrons. The summed E-state index contributed by atoms with van der Waals surface area (Å²) in [6.07, 6.45) is 1.85. The second-order valence-electron chi connectivity index (χ2n) is 5.70. The van der Waals surface area contributed by atoms with Crippen LogP contribution in [0.1, 0.15) is 34.1 Å². The Hall–Kier alpha value is -1.49. The molecule has 1 aromatic heterocycles. The monoisotopic (exact) mass is 298 g/mol. The number of nitrogens with zero attached hydrogens (tertiary/aromatic N) is 2. The highest BCUT2D eigenvalue weighted by Gasteiger charge is 2.35. The summed E-state index contributed by atoms with van der Waals surface area (Å²) in [5.74, 6) is 0.407. The maximum atomic E-state index is 12.4. The van der Waals surface area contributed by atoms with Crippen molar-refractivity contribution >= 4 is 23.4 Å². The third-order valence-electron chi connectivity index (χ3n) is 2.90. The lowest BCUT2D eigenvalue weighted by atomic mass is 10.1. The molecule has 0 saturated heterocycles. The van der Waals surface area contributed by atoms with E-state index in [1.807, 2.05) is 27.7 Å². The van der Waals surface area contributed by atoms with Crippen LogP contribution < -0.4 is 9.64 Å². The lowest BCUT2D eigenvalue weighted by Crippen LogP contribution is -2.48. The normalized spacial score (nSPS) is 18.2. The van der Waals surface area contributed by atoms with Crippen LogP contribution in [0, 0.1) is 0 Å². The fourth-order valence-electron chi connectivity index (χ4n) is 2.01. The summed E-state index contributed by atoms with van der Waals surface area (Å²) in [5, 5.41) is 0.456. The van der Waals surface area contributed by atoms with E-state index in [0.29, 0.717) is 23.2 Å². The minimum atomic E-state index is -0.556. The van der Waals surface area contributed by atoms with Crippen LogP contribution in [0.25, 0.3) is 0 Å². The molecule has 1 atom stereocenters. The topological polar surface area (TPSA) is 51.7 Å². The van der Waals surface area contributed by atoms with Crippen molar-refractivity contribution in [3.63, 3.8) is 0 Å². The highest BCUT2D eigenvalue weighted by molar-refractivity contribution is 6.30. The highest BCUT2D eigenvalue weighted by atomic mass is 35.5. The Morgan fingerprint density at radius 1 is 1.60 bits per heavy atom. The molecule has 6 heteroatoms. The molecule has 0 bridgehead atoms.